The predicted octanol–water partition coefficient (Wildman–Crippen LogP) is 5.70. The standard InChI is InChI=1S/C16H35O3P/c1-2-3-4-5-6-7-8-9-10-11-12-13-14-15-16-19-20(17)18/h17-18H,2-16H2,1H3. The summed E-state index contributed by atoms with van der Waals surface area (Å²) in [4.78, 5) is 17.1. The van der Waals surface area contributed by atoms with Crippen molar-refractivity contribution in [1.82, 2.24) is 0 Å². The maximum absolute atomic E-state index is 8.55. The monoisotopic (exact) mass is 306 g/mol. The molecule has 0 aromatic heterocycles. The number of hydrogen-bond acceptors (Lipinski definition) is 3. The van der Waals surface area contributed by atoms with Gasteiger partial charge in [-0.25, -0.2) is 0 Å². The van der Waals surface area contributed by atoms with Crippen molar-refractivity contribution in [1.29, 1.82) is 0 Å². The normalized spacial score (nSPS) is 11.4. The predicted molar refractivity (Wildman–Crippen MR) is 87.6 cm³/mol. The van der Waals surface area contributed by atoms with Gasteiger partial charge in [0.05, 0.1) is 6.61 Å². The average molecular weight is 306 g/mol. The molecule has 20 heavy (non-hydrogen) atoms. The summed E-state index contributed by atoms with van der Waals surface area (Å²) in [7, 11) is -2.14. The third-order valence-electron chi connectivity index (χ3n) is 3.70. The Balaban J connectivity index is 2.92. The molecule has 0 aliphatic heterocycles. The third-order valence-corrected chi connectivity index (χ3v) is 4.12. The second kappa shape index (κ2) is 17.4. The van der Waals surface area contributed by atoms with E-state index in [0.717, 1.165) is 12.8 Å². The van der Waals surface area contributed by atoms with E-state index in [0.29, 0.717) is 6.61 Å². The van der Waals surface area contributed by atoms with Gasteiger partial charge in [-0.3, -0.25) is 0 Å². The Labute approximate surface area is 127 Å². The van der Waals surface area contributed by atoms with Gasteiger partial charge in [0.1, 0.15) is 0 Å². The molecule has 0 spiro atoms. The molecule has 0 aliphatic rings. The lowest BCUT2D eigenvalue weighted by molar-refractivity contribution is 0.248. The number of rotatable bonds is 16. The summed E-state index contributed by atoms with van der Waals surface area (Å²) in [5.41, 5.74) is 0. The van der Waals surface area contributed by atoms with Crippen LogP contribution in [0.25, 0.3) is 0 Å². The Morgan fingerprint density at radius 1 is 0.600 bits per heavy atom. The molecule has 0 unspecified atom stereocenters. The van der Waals surface area contributed by atoms with Crippen LogP contribution in [0.5, 0.6) is 0 Å². The van der Waals surface area contributed by atoms with Gasteiger partial charge in [0.25, 0.3) is 0 Å². The van der Waals surface area contributed by atoms with Crippen molar-refractivity contribution < 1.29 is 14.3 Å². The molecule has 0 aromatic carbocycles. The van der Waals surface area contributed by atoms with E-state index in [1.54, 1.807) is 0 Å². The summed E-state index contributed by atoms with van der Waals surface area (Å²) in [5.74, 6) is 0. The molecule has 3 nitrogen and oxygen atoms in total. The van der Waals surface area contributed by atoms with Gasteiger partial charge < -0.3 is 14.3 Å². The lowest BCUT2D eigenvalue weighted by Crippen LogP contribution is -1.89. The molecule has 0 aliphatic carbocycles. The molecule has 0 heterocycles. The van der Waals surface area contributed by atoms with Crippen molar-refractivity contribution in [2.75, 3.05) is 6.61 Å². The van der Waals surface area contributed by atoms with Crippen molar-refractivity contribution in [3.63, 3.8) is 0 Å². The highest BCUT2D eigenvalue weighted by molar-refractivity contribution is 7.39. The molecule has 2 N–H and O–H groups in total. The highest BCUT2D eigenvalue weighted by Gasteiger charge is 1.98. The largest absolute Gasteiger partial charge is 0.328 e. The lowest BCUT2D eigenvalue weighted by atomic mass is 10.0. The average Bonchev–Trinajstić information content (AvgIpc) is 2.43. The molecular formula is C16H35O3P. The van der Waals surface area contributed by atoms with Crippen LogP contribution < -0.4 is 0 Å². The molecule has 4 heteroatoms. The lowest BCUT2D eigenvalue weighted by Gasteiger charge is -2.04. The van der Waals surface area contributed by atoms with Crippen molar-refractivity contribution >= 4 is 8.60 Å². The summed E-state index contributed by atoms with van der Waals surface area (Å²) < 4.78 is 4.72. The summed E-state index contributed by atoms with van der Waals surface area (Å²) in [6.07, 6.45) is 18.6. The van der Waals surface area contributed by atoms with E-state index in [1.165, 1.54) is 77.0 Å². The smallest absolute Gasteiger partial charge is 0.327 e. The second-order valence-corrected chi connectivity index (χ2v) is 6.45. The molecule has 0 fully saturated rings. The van der Waals surface area contributed by atoms with Crippen molar-refractivity contribution in [2.45, 2.75) is 96.8 Å². The third kappa shape index (κ3) is 18.3. The highest BCUT2D eigenvalue weighted by atomic mass is 31.2. The molecule has 0 saturated heterocycles. The quantitative estimate of drug-likeness (QED) is 0.284. The maximum Gasteiger partial charge on any atom is 0.327 e. The first-order valence-corrected chi connectivity index (χ1v) is 9.74. The molecule has 0 radical (unpaired) electrons. The summed E-state index contributed by atoms with van der Waals surface area (Å²) >= 11 is 0. The van der Waals surface area contributed by atoms with Gasteiger partial charge in [-0.15, -0.1) is 0 Å². The topological polar surface area (TPSA) is 49.7 Å². The van der Waals surface area contributed by atoms with Gasteiger partial charge in [-0.05, 0) is 6.42 Å². The zero-order valence-corrected chi connectivity index (χ0v) is 14.3. The Bertz CT molecular complexity index is 177. The molecule has 0 amide bonds. The molecule has 122 valence electrons. The molecular weight excluding hydrogens is 271 g/mol. The first-order chi connectivity index (χ1) is 9.77. The fraction of sp³-hybridized carbons (Fsp3) is 1.00. The van der Waals surface area contributed by atoms with Crippen LogP contribution in [0.3, 0.4) is 0 Å². The van der Waals surface area contributed by atoms with E-state index >= 15 is 0 Å². The Hall–Kier alpha value is 0.310. The fourth-order valence-electron chi connectivity index (χ4n) is 2.44. The SMILES string of the molecule is CCCCCCCCCCCCCCCCOP(O)O. The van der Waals surface area contributed by atoms with Crippen LogP contribution >= 0.6 is 8.60 Å². The molecule has 0 aromatic rings. The van der Waals surface area contributed by atoms with E-state index < -0.39 is 8.60 Å². The first-order valence-electron chi connectivity index (χ1n) is 8.58. The zero-order valence-electron chi connectivity index (χ0n) is 13.4. The minimum absolute atomic E-state index is 0.483. The Morgan fingerprint density at radius 2 is 0.950 bits per heavy atom. The van der Waals surface area contributed by atoms with Crippen molar-refractivity contribution in [2.24, 2.45) is 0 Å². The van der Waals surface area contributed by atoms with E-state index in [4.69, 9.17) is 14.3 Å². The maximum atomic E-state index is 8.55. The Morgan fingerprint density at radius 3 is 1.30 bits per heavy atom. The van der Waals surface area contributed by atoms with Crippen LogP contribution in [-0.2, 0) is 4.52 Å². The molecule has 0 rings (SSSR count). The summed E-state index contributed by atoms with van der Waals surface area (Å²) in [6.45, 7) is 2.75. The van der Waals surface area contributed by atoms with Crippen LogP contribution in [0.2, 0.25) is 0 Å². The second-order valence-electron chi connectivity index (χ2n) is 5.68. The number of hydrogen-bond donors (Lipinski definition) is 2. The summed E-state index contributed by atoms with van der Waals surface area (Å²) in [5, 5.41) is 0. The van der Waals surface area contributed by atoms with Crippen LogP contribution in [0.15, 0.2) is 0 Å². The van der Waals surface area contributed by atoms with Gasteiger partial charge in [-0.1, -0.05) is 90.4 Å². The fourth-order valence-corrected chi connectivity index (χ4v) is 2.74. The van der Waals surface area contributed by atoms with E-state index in [1.807, 2.05) is 0 Å². The van der Waals surface area contributed by atoms with Crippen molar-refractivity contribution in [3.8, 4) is 0 Å². The van der Waals surface area contributed by atoms with E-state index in [9.17, 15) is 0 Å². The minimum atomic E-state index is -2.14. The molecule has 0 atom stereocenters. The van der Waals surface area contributed by atoms with Gasteiger partial charge >= 0.3 is 8.60 Å². The first kappa shape index (κ1) is 20.3. The molecule has 0 saturated carbocycles. The number of unbranched alkanes of at least 4 members (excludes halogenated alkanes) is 13. The van der Waals surface area contributed by atoms with E-state index in [-0.39, 0.29) is 0 Å². The van der Waals surface area contributed by atoms with Crippen LogP contribution in [0, 0.1) is 0 Å². The van der Waals surface area contributed by atoms with E-state index in [2.05, 4.69) is 6.92 Å². The van der Waals surface area contributed by atoms with Crippen LogP contribution in [-0.4, -0.2) is 16.4 Å². The van der Waals surface area contributed by atoms with Gasteiger partial charge in [-0.2, -0.15) is 0 Å². The van der Waals surface area contributed by atoms with Gasteiger partial charge in [0.2, 0.25) is 0 Å². The molecule has 0 bridgehead atoms. The minimum Gasteiger partial charge on any atom is -0.328 e. The van der Waals surface area contributed by atoms with Gasteiger partial charge in [0.15, 0.2) is 0 Å². The summed E-state index contributed by atoms with van der Waals surface area (Å²) in [6, 6.07) is 0. The van der Waals surface area contributed by atoms with Crippen LogP contribution in [0.4, 0.5) is 0 Å². The Kier molecular flexibility index (Phi) is 17.6. The highest BCUT2D eigenvalue weighted by Crippen LogP contribution is 2.24. The zero-order chi connectivity index (χ0) is 14.9. The van der Waals surface area contributed by atoms with Crippen molar-refractivity contribution in [3.05, 3.63) is 0 Å². The van der Waals surface area contributed by atoms with Crippen LogP contribution in [0.1, 0.15) is 96.8 Å². The van der Waals surface area contributed by atoms with Gasteiger partial charge in [0, 0.05) is 0 Å².